The summed E-state index contributed by atoms with van der Waals surface area (Å²) >= 11 is 0. The lowest BCUT2D eigenvalue weighted by Crippen LogP contribution is -2.49. The highest BCUT2D eigenvalue weighted by Crippen LogP contribution is 2.26. The quantitative estimate of drug-likeness (QED) is 0.840. The summed E-state index contributed by atoms with van der Waals surface area (Å²) in [6, 6.07) is 0.835. The molecule has 1 atom stereocenters. The summed E-state index contributed by atoms with van der Waals surface area (Å²) in [6.45, 7) is 8.55. The van der Waals surface area contributed by atoms with Crippen molar-refractivity contribution in [2.24, 2.45) is 0 Å². The van der Waals surface area contributed by atoms with Crippen LogP contribution in [0.25, 0.3) is 0 Å². The van der Waals surface area contributed by atoms with E-state index in [0.717, 1.165) is 38.9 Å². The minimum atomic E-state index is -0.426. The minimum Gasteiger partial charge on any atom is -0.444 e. The molecule has 116 valence electrons. The number of piperidine rings is 1. The number of amides is 1. The zero-order valence-corrected chi connectivity index (χ0v) is 13.0. The van der Waals surface area contributed by atoms with Crippen molar-refractivity contribution in [3.8, 4) is 0 Å². The van der Waals surface area contributed by atoms with Crippen molar-refractivity contribution in [2.45, 2.75) is 64.1 Å². The van der Waals surface area contributed by atoms with Crippen LogP contribution < -0.4 is 0 Å². The van der Waals surface area contributed by atoms with E-state index in [9.17, 15) is 9.90 Å². The number of nitrogens with zero attached hydrogens (tertiary/aromatic N) is 2. The van der Waals surface area contributed by atoms with E-state index in [1.807, 2.05) is 25.7 Å². The van der Waals surface area contributed by atoms with Gasteiger partial charge in [0.25, 0.3) is 0 Å². The van der Waals surface area contributed by atoms with Crippen molar-refractivity contribution >= 4 is 6.09 Å². The first-order valence-corrected chi connectivity index (χ1v) is 7.75. The normalized spacial score (nSPS) is 26.0. The Bertz CT molecular complexity index is 333. The molecule has 20 heavy (non-hydrogen) atoms. The van der Waals surface area contributed by atoms with Crippen LogP contribution in [-0.4, -0.2) is 64.9 Å². The van der Waals surface area contributed by atoms with Crippen LogP contribution in [0.5, 0.6) is 0 Å². The van der Waals surface area contributed by atoms with Gasteiger partial charge in [-0.05, 0) is 53.0 Å². The Morgan fingerprint density at radius 1 is 1.20 bits per heavy atom. The minimum absolute atomic E-state index is 0.198. The maximum atomic E-state index is 12.0. The van der Waals surface area contributed by atoms with Gasteiger partial charge in [0.15, 0.2) is 0 Å². The van der Waals surface area contributed by atoms with E-state index in [-0.39, 0.29) is 12.7 Å². The Kier molecular flexibility index (Phi) is 4.91. The van der Waals surface area contributed by atoms with Crippen LogP contribution in [0.2, 0.25) is 0 Å². The molecule has 2 fully saturated rings. The van der Waals surface area contributed by atoms with Crippen LogP contribution in [0, 0.1) is 0 Å². The first-order chi connectivity index (χ1) is 9.40. The number of aliphatic hydroxyl groups is 1. The van der Waals surface area contributed by atoms with Gasteiger partial charge in [0.1, 0.15) is 5.60 Å². The van der Waals surface area contributed by atoms with Gasteiger partial charge in [0, 0.05) is 25.2 Å². The summed E-state index contributed by atoms with van der Waals surface area (Å²) in [5.74, 6) is 0. The molecule has 0 aromatic rings. The van der Waals surface area contributed by atoms with Gasteiger partial charge >= 0.3 is 6.09 Å². The van der Waals surface area contributed by atoms with Crippen LogP contribution in [0.3, 0.4) is 0 Å². The van der Waals surface area contributed by atoms with Gasteiger partial charge < -0.3 is 14.7 Å². The van der Waals surface area contributed by atoms with E-state index in [1.54, 1.807) is 0 Å². The molecular formula is C15H28N2O3. The zero-order valence-electron chi connectivity index (χ0n) is 13.0. The summed E-state index contributed by atoms with van der Waals surface area (Å²) in [6.07, 6.45) is 4.04. The van der Waals surface area contributed by atoms with Crippen molar-refractivity contribution in [2.75, 3.05) is 26.2 Å². The van der Waals surface area contributed by atoms with Gasteiger partial charge in [-0.3, -0.25) is 4.90 Å². The molecular weight excluding hydrogens is 256 g/mol. The molecule has 0 spiro atoms. The van der Waals surface area contributed by atoms with Crippen molar-refractivity contribution in [3.05, 3.63) is 0 Å². The molecule has 2 saturated heterocycles. The van der Waals surface area contributed by atoms with E-state index in [0.29, 0.717) is 12.1 Å². The monoisotopic (exact) mass is 284 g/mol. The Morgan fingerprint density at radius 3 is 2.40 bits per heavy atom. The van der Waals surface area contributed by atoms with E-state index >= 15 is 0 Å². The fourth-order valence-electron chi connectivity index (χ4n) is 3.24. The fraction of sp³-hybridized carbons (Fsp3) is 0.933. The Labute approximate surface area is 121 Å². The molecule has 5 heteroatoms. The summed E-state index contributed by atoms with van der Waals surface area (Å²) in [7, 11) is 0. The molecule has 0 bridgehead atoms. The molecule has 0 radical (unpaired) electrons. The molecule has 0 aromatic carbocycles. The largest absolute Gasteiger partial charge is 0.444 e. The maximum Gasteiger partial charge on any atom is 0.410 e. The predicted molar refractivity (Wildman–Crippen MR) is 77.6 cm³/mol. The van der Waals surface area contributed by atoms with Gasteiger partial charge in [-0.2, -0.15) is 0 Å². The smallest absolute Gasteiger partial charge is 0.410 e. The summed E-state index contributed by atoms with van der Waals surface area (Å²) in [4.78, 5) is 16.3. The highest BCUT2D eigenvalue weighted by Gasteiger charge is 2.34. The molecule has 2 heterocycles. The number of carbonyl (C=O) groups excluding carboxylic acids is 1. The van der Waals surface area contributed by atoms with E-state index in [2.05, 4.69) is 4.90 Å². The highest BCUT2D eigenvalue weighted by molar-refractivity contribution is 5.68. The third-order valence-electron chi connectivity index (χ3n) is 4.22. The second-order valence-corrected chi connectivity index (χ2v) is 6.92. The van der Waals surface area contributed by atoms with Crippen LogP contribution in [-0.2, 0) is 4.74 Å². The topological polar surface area (TPSA) is 53.0 Å². The second kappa shape index (κ2) is 6.31. The summed E-state index contributed by atoms with van der Waals surface area (Å²) < 4.78 is 5.41. The van der Waals surface area contributed by atoms with E-state index in [4.69, 9.17) is 4.74 Å². The molecule has 5 nitrogen and oxygen atoms in total. The zero-order chi connectivity index (χ0) is 14.8. The molecule has 0 saturated carbocycles. The molecule has 0 aliphatic carbocycles. The van der Waals surface area contributed by atoms with Gasteiger partial charge in [0.2, 0.25) is 0 Å². The number of rotatable bonds is 2. The van der Waals surface area contributed by atoms with E-state index in [1.165, 1.54) is 6.42 Å². The number of likely N-dealkylation sites (tertiary alicyclic amines) is 2. The van der Waals surface area contributed by atoms with Gasteiger partial charge in [-0.1, -0.05) is 0 Å². The number of aliphatic hydroxyl groups excluding tert-OH is 1. The van der Waals surface area contributed by atoms with Crippen molar-refractivity contribution in [1.29, 1.82) is 0 Å². The first kappa shape index (κ1) is 15.6. The molecule has 0 aromatic heterocycles. The standard InChI is InChI=1S/C15H28N2O3/c1-15(2,3)20-14(19)16-9-6-12(7-10-16)17-8-4-5-13(17)11-18/h12-13,18H,4-11H2,1-3H3/t13-/m1/s1. The Morgan fingerprint density at radius 2 is 1.85 bits per heavy atom. The van der Waals surface area contributed by atoms with Crippen molar-refractivity contribution in [3.63, 3.8) is 0 Å². The lowest BCUT2D eigenvalue weighted by atomic mass is 10.0. The number of ether oxygens (including phenoxy) is 1. The van der Waals surface area contributed by atoms with Crippen molar-refractivity contribution < 1.29 is 14.6 Å². The molecule has 2 rings (SSSR count). The third kappa shape index (κ3) is 3.85. The first-order valence-electron chi connectivity index (χ1n) is 7.75. The van der Waals surface area contributed by atoms with Crippen LogP contribution in [0.4, 0.5) is 4.79 Å². The van der Waals surface area contributed by atoms with Gasteiger partial charge in [0.05, 0.1) is 6.61 Å². The van der Waals surface area contributed by atoms with Crippen LogP contribution in [0.15, 0.2) is 0 Å². The molecule has 2 aliphatic heterocycles. The average molecular weight is 284 g/mol. The predicted octanol–water partition coefficient (Wildman–Crippen LogP) is 1.84. The number of carbonyl (C=O) groups is 1. The highest BCUT2D eigenvalue weighted by atomic mass is 16.6. The van der Waals surface area contributed by atoms with Crippen LogP contribution >= 0.6 is 0 Å². The number of hydrogen-bond acceptors (Lipinski definition) is 4. The maximum absolute atomic E-state index is 12.0. The molecule has 2 aliphatic rings. The van der Waals surface area contributed by atoms with Gasteiger partial charge in [-0.25, -0.2) is 4.79 Å². The lowest BCUT2D eigenvalue weighted by molar-refractivity contribution is 0.0115. The summed E-state index contributed by atoms with van der Waals surface area (Å²) in [5.41, 5.74) is -0.426. The third-order valence-corrected chi connectivity index (χ3v) is 4.22. The van der Waals surface area contributed by atoms with E-state index < -0.39 is 5.60 Å². The molecule has 1 amide bonds. The molecule has 1 N–H and O–H groups in total. The average Bonchev–Trinajstić information content (AvgIpc) is 2.85. The van der Waals surface area contributed by atoms with Gasteiger partial charge in [-0.15, -0.1) is 0 Å². The second-order valence-electron chi connectivity index (χ2n) is 6.92. The fourth-order valence-corrected chi connectivity index (χ4v) is 3.24. The SMILES string of the molecule is CC(C)(C)OC(=O)N1CCC(N2CCC[C@@H]2CO)CC1. The van der Waals surface area contributed by atoms with Crippen LogP contribution in [0.1, 0.15) is 46.5 Å². The van der Waals surface area contributed by atoms with Crippen molar-refractivity contribution in [1.82, 2.24) is 9.80 Å². The lowest BCUT2D eigenvalue weighted by Gasteiger charge is -2.39. The summed E-state index contributed by atoms with van der Waals surface area (Å²) in [5, 5.41) is 9.41. The molecule has 0 unspecified atom stereocenters. The number of hydrogen-bond donors (Lipinski definition) is 1. The Balaban J connectivity index is 1.82. The Hall–Kier alpha value is -0.810.